The van der Waals surface area contributed by atoms with Crippen LogP contribution in [0.25, 0.3) is 0 Å². The van der Waals surface area contributed by atoms with E-state index < -0.39 is 0 Å². The third-order valence-corrected chi connectivity index (χ3v) is 3.34. The molecule has 1 aromatic rings. The predicted octanol–water partition coefficient (Wildman–Crippen LogP) is 3.97. The van der Waals surface area contributed by atoms with Crippen molar-refractivity contribution >= 4 is 17.4 Å². The first kappa shape index (κ1) is 15.2. The summed E-state index contributed by atoms with van der Waals surface area (Å²) in [5.41, 5.74) is 0.864. The molecular formula is C14H24ClN3. The minimum Gasteiger partial charge on any atom is -0.354 e. The molecule has 0 aliphatic heterocycles. The van der Waals surface area contributed by atoms with Crippen LogP contribution in [-0.2, 0) is 5.41 Å². The number of halogens is 1. The molecule has 1 aromatic heterocycles. The Hall–Kier alpha value is -0.830. The van der Waals surface area contributed by atoms with Crippen molar-refractivity contribution in [1.82, 2.24) is 9.97 Å². The van der Waals surface area contributed by atoms with Crippen LogP contribution < -0.4 is 4.90 Å². The van der Waals surface area contributed by atoms with Gasteiger partial charge in [-0.3, -0.25) is 0 Å². The van der Waals surface area contributed by atoms with E-state index in [1.807, 2.05) is 6.92 Å². The van der Waals surface area contributed by atoms with Gasteiger partial charge in [0.2, 0.25) is 0 Å². The summed E-state index contributed by atoms with van der Waals surface area (Å²) in [5, 5.41) is 0.559. The average Bonchev–Trinajstić information content (AvgIpc) is 2.22. The van der Waals surface area contributed by atoms with Crippen molar-refractivity contribution in [3.05, 3.63) is 16.5 Å². The maximum atomic E-state index is 6.25. The van der Waals surface area contributed by atoms with Crippen LogP contribution in [0.15, 0.2) is 0 Å². The van der Waals surface area contributed by atoms with Crippen molar-refractivity contribution in [3.63, 3.8) is 0 Å². The van der Waals surface area contributed by atoms with Crippen molar-refractivity contribution in [2.75, 3.05) is 11.4 Å². The van der Waals surface area contributed by atoms with Gasteiger partial charge in [-0.2, -0.15) is 0 Å². The molecule has 3 nitrogen and oxygen atoms in total. The summed E-state index contributed by atoms with van der Waals surface area (Å²) in [6, 6.07) is 0.396. The Labute approximate surface area is 116 Å². The van der Waals surface area contributed by atoms with E-state index >= 15 is 0 Å². The Kier molecular flexibility index (Phi) is 4.60. The van der Waals surface area contributed by atoms with Crippen LogP contribution in [0.5, 0.6) is 0 Å². The van der Waals surface area contributed by atoms with Gasteiger partial charge in [0.25, 0.3) is 0 Å². The van der Waals surface area contributed by atoms with E-state index in [1.165, 1.54) is 0 Å². The number of hydrogen-bond donors (Lipinski definition) is 0. The summed E-state index contributed by atoms with van der Waals surface area (Å²) in [6.07, 6.45) is 0. The quantitative estimate of drug-likeness (QED) is 0.778. The van der Waals surface area contributed by atoms with E-state index in [4.69, 9.17) is 16.6 Å². The average molecular weight is 270 g/mol. The van der Waals surface area contributed by atoms with Crippen molar-refractivity contribution in [2.45, 2.75) is 59.9 Å². The number of anilines is 1. The smallest absolute Gasteiger partial charge is 0.137 e. The van der Waals surface area contributed by atoms with Crippen LogP contribution in [0.2, 0.25) is 5.15 Å². The molecule has 18 heavy (non-hydrogen) atoms. The molecule has 0 amide bonds. The number of nitrogens with zero attached hydrogens (tertiary/aromatic N) is 3. The first-order chi connectivity index (χ1) is 8.18. The second-order valence-corrected chi connectivity index (χ2v) is 6.27. The molecule has 0 unspecified atom stereocenters. The van der Waals surface area contributed by atoms with E-state index in [2.05, 4.69) is 51.4 Å². The monoisotopic (exact) mass is 269 g/mol. The maximum absolute atomic E-state index is 6.25. The van der Waals surface area contributed by atoms with Gasteiger partial charge in [-0.1, -0.05) is 32.4 Å². The van der Waals surface area contributed by atoms with E-state index in [0.29, 0.717) is 11.2 Å². The standard InChI is InChI=1S/C14H24ClN3/c1-8-18(9(2)3)12-10(4)11(15)16-13(17-12)14(5,6)7/h9H,8H2,1-7H3. The summed E-state index contributed by atoms with van der Waals surface area (Å²) in [4.78, 5) is 11.4. The highest BCUT2D eigenvalue weighted by molar-refractivity contribution is 6.30. The molecular weight excluding hydrogens is 246 g/mol. The van der Waals surface area contributed by atoms with Crippen molar-refractivity contribution in [2.24, 2.45) is 0 Å². The van der Waals surface area contributed by atoms with Gasteiger partial charge in [-0.15, -0.1) is 0 Å². The molecule has 0 spiro atoms. The van der Waals surface area contributed by atoms with E-state index in [0.717, 1.165) is 23.8 Å². The maximum Gasteiger partial charge on any atom is 0.137 e. The fourth-order valence-corrected chi connectivity index (χ4v) is 2.02. The molecule has 102 valence electrons. The molecule has 1 heterocycles. The van der Waals surface area contributed by atoms with Crippen LogP contribution in [0.1, 0.15) is 52.9 Å². The molecule has 0 aliphatic rings. The summed E-state index contributed by atoms with van der Waals surface area (Å²) >= 11 is 6.25. The van der Waals surface area contributed by atoms with E-state index in [1.54, 1.807) is 0 Å². The molecule has 0 fully saturated rings. The molecule has 0 bridgehead atoms. The Morgan fingerprint density at radius 1 is 1.22 bits per heavy atom. The summed E-state index contributed by atoms with van der Waals surface area (Å²) in [7, 11) is 0. The Morgan fingerprint density at radius 3 is 2.17 bits per heavy atom. The van der Waals surface area contributed by atoms with Gasteiger partial charge in [-0.05, 0) is 27.7 Å². The summed E-state index contributed by atoms with van der Waals surface area (Å²) in [6.45, 7) is 15.7. The second-order valence-electron chi connectivity index (χ2n) is 5.92. The van der Waals surface area contributed by atoms with Gasteiger partial charge in [0, 0.05) is 23.6 Å². The zero-order valence-electron chi connectivity index (χ0n) is 12.5. The van der Waals surface area contributed by atoms with Gasteiger partial charge in [0.05, 0.1) is 0 Å². The van der Waals surface area contributed by atoms with E-state index in [-0.39, 0.29) is 5.41 Å². The molecule has 0 aromatic carbocycles. The Balaban J connectivity index is 3.39. The third-order valence-electron chi connectivity index (χ3n) is 2.97. The fourth-order valence-electron chi connectivity index (χ4n) is 1.85. The van der Waals surface area contributed by atoms with Gasteiger partial charge < -0.3 is 4.90 Å². The molecule has 4 heteroatoms. The minimum absolute atomic E-state index is 0.0948. The van der Waals surface area contributed by atoms with Crippen LogP contribution in [0.4, 0.5) is 5.82 Å². The second kappa shape index (κ2) is 5.43. The first-order valence-corrected chi connectivity index (χ1v) is 6.87. The summed E-state index contributed by atoms with van der Waals surface area (Å²) in [5.74, 6) is 1.75. The first-order valence-electron chi connectivity index (χ1n) is 6.49. The highest BCUT2D eigenvalue weighted by Gasteiger charge is 2.23. The molecule has 0 saturated carbocycles. The predicted molar refractivity (Wildman–Crippen MR) is 78.6 cm³/mol. The van der Waals surface area contributed by atoms with Gasteiger partial charge in [0.1, 0.15) is 16.8 Å². The lowest BCUT2D eigenvalue weighted by molar-refractivity contribution is 0.541. The van der Waals surface area contributed by atoms with Gasteiger partial charge in [0.15, 0.2) is 0 Å². The highest BCUT2D eigenvalue weighted by Crippen LogP contribution is 2.29. The zero-order chi connectivity index (χ0) is 14.1. The van der Waals surface area contributed by atoms with E-state index in [9.17, 15) is 0 Å². The normalized spacial score (nSPS) is 12.1. The van der Waals surface area contributed by atoms with Gasteiger partial charge in [-0.25, -0.2) is 9.97 Å². The Bertz CT molecular complexity index is 422. The Morgan fingerprint density at radius 2 is 1.78 bits per heavy atom. The number of aromatic nitrogens is 2. The lowest BCUT2D eigenvalue weighted by Crippen LogP contribution is -2.33. The largest absolute Gasteiger partial charge is 0.354 e. The van der Waals surface area contributed by atoms with Crippen molar-refractivity contribution in [1.29, 1.82) is 0 Å². The zero-order valence-corrected chi connectivity index (χ0v) is 13.3. The summed E-state index contributed by atoms with van der Waals surface area (Å²) < 4.78 is 0. The van der Waals surface area contributed by atoms with Crippen molar-refractivity contribution in [3.8, 4) is 0 Å². The molecule has 0 atom stereocenters. The third kappa shape index (κ3) is 3.14. The van der Waals surface area contributed by atoms with Crippen LogP contribution >= 0.6 is 11.6 Å². The lowest BCUT2D eigenvalue weighted by Gasteiger charge is -2.29. The molecule has 1 rings (SSSR count). The van der Waals surface area contributed by atoms with Crippen LogP contribution in [-0.4, -0.2) is 22.6 Å². The number of hydrogen-bond acceptors (Lipinski definition) is 3. The minimum atomic E-state index is -0.0948. The van der Waals surface area contributed by atoms with Gasteiger partial charge >= 0.3 is 0 Å². The lowest BCUT2D eigenvalue weighted by atomic mass is 9.95. The molecule has 0 N–H and O–H groups in total. The topological polar surface area (TPSA) is 29.0 Å². The van der Waals surface area contributed by atoms with Crippen molar-refractivity contribution < 1.29 is 0 Å². The molecule has 0 saturated heterocycles. The number of rotatable bonds is 3. The van der Waals surface area contributed by atoms with Crippen LogP contribution in [0, 0.1) is 6.92 Å². The SMILES string of the molecule is CCN(c1nc(C(C)(C)C)nc(Cl)c1C)C(C)C. The van der Waals surface area contributed by atoms with Crippen LogP contribution in [0.3, 0.4) is 0 Å². The molecule has 0 aliphatic carbocycles. The molecule has 0 radical (unpaired) electrons. The fraction of sp³-hybridized carbons (Fsp3) is 0.714. The highest BCUT2D eigenvalue weighted by atomic mass is 35.5.